The van der Waals surface area contributed by atoms with Crippen LogP contribution in [0.25, 0.3) is 0 Å². The van der Waals surface area contributed by atoms with Crippen LogP contribution in [0.2, 0.25) is 0 Å². The molecule has 2 atom stereocenters. The van der Waals surface area contributed by atoms with Crippen molar-refractivity contribution in [2.24, 2.45) is 0 Å². The molecule has 0 aliphatic rings. The third-order valence-corrected chi connectivity index (χ3v) is 1.44. The first-order chi connectivity index (χ1) is 3.79. The van der Waals surface area contributed by atoms with Crippen LogP contribution in [0.4, 0.5) is 0 Å². The average Bonchev–Trinajstić information content (AvgIpc) is 1.64. The molecule has 0 amide bonds. The lowest BCUT2D eigenvalue weighted by atomic mass is 10.5. The Bertz CT molecular complexity index is 170. The monoisotopic (exact) mass is 143 g/mol. The van der Waals surface area contributed by atoms with Gasteiger partial charge in [0.15, 0.2) is 0 Å². The van der Waals surface area contributed by atoms with Crippen molar-refractivity contribution in [2.45, 2.75) is 0 Å². The SMILES string of the molecule is Pc1cccc(P)n1. The van der Waals surface area contributed by atoms with Gasteiger partial charge in [-0.3, -0.25) is 0 Å². The van der Waals surface area contributed by atoms with Crippen molar-refractivity contribution < 1.29 is 0 Å². The molecule has 0 spiro atoms. The van der Waals surface area contributed by atoms with Gasteiger partial charge in [-0.2, -0.15) is 0 Å². The normalized spacial score (nSPS) is 9.25. The zero-order valence-corrected chi connectivity index (χ0v) is 6.64. The second kappa shape index (κ2) is 2.53. The Balaban J connectivity index is 3.08. The standard InChI is InChI=1S/C5H7NP2/c7-4-2-1-3-5(8)6-4/h1-3H,7-8H2. The number of pyridine rings is 1. The Kier molecular flexibility index (Phi) is 1.94. The van der Waals surface area contributed by atoms with Crippen LogP contribution in [0.1, 0.15) is 0 Å². The minimum absolute atomic E-state index is 0.984. The molecule has 0 aromatic carbocycles. The molecule has 2 unspecified atom stereocenters. The molecule has 1 aromatic rings. The Morgan fingerprint density at radius 2 is 1.62 bits per heavy atom. The van der Waals surface area contributed by atoms with Crippen LogP contribution in [0.3, 0.4) is 0 Å². The molecule has 0 aliphatic heterocycles. The van der Waals surface area contributed by atoms with E-state index in [1.165, 1.54) is 0 Å². The fourth-order valence-corrected chi connectivity index (χ4v) is 1.14. The Labute approximate surface area is 53.3 Å². The Hall–Kier alpha value is 0.01000. The zero-order valence-electron chi connectivity index (χ0n) is 4.33. The first-order valence-corrected chi connectivity index (χ1v) is 3.42. The molecule has 3 heteroatoms. The predicted molar refractivity (Wildman–Crippen MR) is 42.9 cm³/mol. The van der Waals surface area contributed by atoms with Crippen molar-refractivity contribution in [3.63, 3.8) is 0 Å². The highest BCUT2D eigenvalue weighted by Gasteiger charge is 1.82. The molecular weight excluding hydrogens is 136 g/mol. The lowest BCUT2D eigenvalue weighted by Crippen LogP contribution is -2.06. The van der Waals surface area contributed by atoms with E-state index in [0.717, 1.165) is 10.9 Å². The van der Waals surface area contributed by atoms with Crippen LogP contribution in [0, 0.1) is 0 Å². The highest BCUT2D eigenvalue weighted by atomic mass is 31.0. The highest BCUT2D eigenvalue weighted by Crippen LogP contribution is 1.85. The molecule has 1 rings (SSSR count). The summed E-state index contributed by atoms with van der Waals surface area (Å²) in [5.41, 5.74) is 1.97. The Morgan fingerprint density at radius 1 is 1.12 bits per heavy atom. The minimum atomic E-state index is 0.984. The lowest BCUT2D eigenvalue weighted by molar-refractivity contribution is 1.47. The van der Waals surface area contributed by atoms with Gasteiger partial charge in [-0.15, -0.1) is 0 Å². The summed E-state index contributed by atoms with van der Waals surface area (Å²) in [5, 5.41) is 0. The summed E-state index contributed by atoms with van der Waals surface area (Å²) >= 11 is 0. The van der Waals surface area contributed by atoms with E-state index >= 15 is 0 Å². The highest BCUT2D eigenvalue weighted by molar-refractivity contribution is 7.28. The van der Waals surface area contributed by atoms with E-state index in [1.807, 2.05) is 18.2 Å². The number of rotatable bonds is 0. The molecule has 0 fully saturated rings. The summed E-state index contributed by atoms with van der Waals surface area (Å²) in [5.74, 6) is 0. The zero-order chi connectivity index (χ0) is 5.98. The number of hydrogen-bond donors (Lipinski definition) is 0. The summed E-state index contributed by atoms with van der Waals surface area (Å²) in [6, 6.07) is 5.86. The fraction of sp³-hybridized carbons (Fsp3) is 0. The fourth-order valence-electron chi connectivity index (χ4n) is 0.469. The first kappa shape index (κ1) is 6.13. The molecule has 1 nitrogen and oxygen atoms in total. The van der Waals surface area contributed by atoms with Gasteiger partial charge in [-0.05, 0) is 12.1 Å². The van der Waals surface area contributed by atoms with E-state index in [0.29, 0.717) is 0 Å². The second-order valence-corrected chi connectivity index (χ2v) is 2.67. The van der Waals surface area contributed by atoms with Crippen molar-refractivity contribution in [2.75, 3.05) is 0 Å². The third-order valence-electron chi connectivity index (χ3n) is 0.792. The average molecular weight is 143 g/mol. The third kappa shape index (κ3) is 1.51. The summed E-state index contributed by atoms with van der Waals surface area (Å²) in [6.45, 7) is 0. The predicted octanol–water partition coefficient (Wildman–Crippen LogP) is 0.0824. The lowest BCUT2D eigenvalue weighted by Gasteiger charge is -1.89. The van der Waals surface area contributed by atoms with Crippen LogP contribution in [-0.4, -0.2) is 4.98 Å². The van der Waals surface area contributed by atoms with Gasteiger partial charge in [0.25, 0.3) is 0 Å². The number of hydrogen-bond acceptors (Lipinski definition) is 1. The molecule has 1 aromatic heterocycles. The van der Waals surface area contributed by atoms with Gasteiger partial charge in [0.2, 0.25) is 0 Å². The van der Waals surface area contributed by atoms with Crippen LogP contribution in [0.5, 0.6) is 0 Å². The van der Waals surface area contributed by atoms with Gasteiger partial charge < -0.3 is 0 Å². The summed E-state index contributed by atoms with van der Waals surface area (Å²) in [6.07, 6.45) is 0. The maximum absolute atomic E-state index is 4.10. The molecule has 42 valence electrons. The van der Waals surface area contributed by atoms with Crippen LogP contribution < -0.4 is 10.9 Å². The number of aromatic nitrogens is 1. The van der Waals surface area contributed by atoms with Crippen molar-refractivity contribution >= 4 is 29.3 Å². The van der Waals surface area contributed by atoms with E-state index in [1.54, 1.807) is 0 Å². The van der Waals surface area contributed by atoms with E-state index in [-0.39, 0.29) is 0 Å². The molecule has 0 aliphatic carbocycles. The van der Waals surface area contributed by atoms with Gasteiger partial charge in [-0.25, -0.2) is 4.98 Å². The van der Waals surface area contributed by atoms with Gasteiger partial charge in [0.1, 0.15) is 0 Å². The molecule has 0 bridgehead atoms. The number of nitrogens with zero attached hydrogens (tertiary/aromatic N) is 1. The summed E-state index contributed by atoms with van der Waals surface area (Å²) in [4.78, 5) is 4.10. The second-order valence-electron chi connectivity index (χ2n) is 1.49. The maximum atomic E-state index is 4.10. The van der Waals surface area contributed by atoms with Crippen molar-refractivity contribution in [3.05, 3.63) is 18.2 Å². The van der Waals surface area contributed by atoms with Gasteiger partial charge >= 0.3 is 0 Å². The Morgan fingerprint density at radius 3 is 1.88 bits per heavy atom. The molecule has 0 N–H and O–H groups in total. The van der Waals surface area contributed by atoms with E-state index in [4.69, 9.17) is 0 Å². The summed E-state index contributed by atoms with van der Waals surface area (Å²) in [7, 11) is 5.08. The van der Waals surface area contributed by atoms with Crippen molar-refractivity contribution in [1.82, 2.24) is 4.98 Å². The van der Waals surface area contributed by atoms with Crippen LogP contribution in [0.15, 0.2) is 18.2 Å². The molecule has 1 heterocycles. The maximum Gasteiger partial charge on any atom is 0.0576 e. The largest absolute Gasteiger partial charge is 0.249 e. The molecular formula is C5H7NP2. The molecule has 0 radical (unpaired) electrons. The van der Waals surface area contributed by atoms with Gasteiger partial charge in [-0.1, -0.05) is 24.5 Å². The van der Waals surface area contributed by atoms with E-state index in [2.05, 4.69) is 23.5 Å². The quantitative estimate of drug-likeness (QED) is 0.469. The van der Waals surface area contributed by atoms with Crippen molar-refractivity contribution in [1.29, 1.82) is 0 Å². The van der Waals surface area contributed by atoms with Crippen LogP contribution in [-0.2, 0) is 0 Å². The van der Waals surface area contributed by atoms with E-state index in [9.17, 15) is 0 Å². The molecule has 8 heavy (non-hydrogen) atoms. The molecule has 0 saturated heterocycles. The molecule has 0 saturated carbocycles. The topological polar surface area (TPSA) is 12.9 Å². The van der Waals surface area contributed by atoms with Crippen LogP contribution >= 0.6 is 18.5 Å². The van der Waals surface area contributed by atoms with Gasteiger partial charge in [0.05, 0.1) is 10.9 Å². The minimum Gasteiger partial charge on any atom is -0.249 e. The van der Waals surface area contributed by atoms with E-state index < -0.39 is 0 Å². The first-order valence-electron chi connectivity index (χ1n) is 2.27. The summed E-state index contributed by atoms with van der Waals surface area (Å²) < 4.78 is 0. The smallest absolute Gasteiger partial charge is 0.0576 e. The van der Waals surface area contributed by atoms with Gasteiger partial charge in [0, 0.05) is 0 Å². The van der Waals surface area contributed by atoms with Crippen molar-refractivity contribution in [3.8, 4) is 0 Å².